The molecule has 1 aliphatic rings. The first-order chi connectivity index (χ1) is 9.94. The number of nitrogens with zero attached hydrogens (tertiary/aromatic N) is 2. The molecule has 3 heteroatoms. The number of aryl methyl sites for hydroxylation is 1. The van der Waals surface area contributed by atoms with Crippen LogP contribution in [0.25, 0.3) is 0 Å². The minimum Gasteiger partial charge on any atom is -0.353 e. The van der Waals surface area contributed by atoms with Gasteiger partial charge in [-0.15, -0.1) is 0 Å². The van der Waals surface area contributed by atoms with Gasteiger partial charge in [-0.05, 0) is 43.0 Å². The van der Waals surface area contributed by atoms with Crippen LogP contribution in [0.5, 0.6) is 0 Å². The summed E-state index contributed by atoms with van der Waals surface area (Å²) >= 11 is 0. The van der Waals surface area contributed by atoms with Crippen molar-refractivity contribution < 1.29 is 0 Å². The number of aromatic nitrogens is 1. The number of rotatable bonds is 4. The first-order valence-electron chi connectivity index (χ1n) is 8.03. The normalized spacial score (nSPS) is 16.0. The fraction of sp³-hybridized carbons (Fsp3) is 0.611. The molecule has 0 radical (unpaired) electrons. The Bertz CT molecular complexity index is 512. The van der Waals surface area contributed by atoms with Crippen molar-refractivity contribution in [1.82, 2.24) is 10.3 Å². The molecule has 0 unspecified atom stereocenters. The maximum atomic E-state index is 4.81. The van der Waals surface area contributed by atoms with Gasteiger partial charge in [-0.25, -0.2) is 4.98 Å². The van der Waals surface area contributed by atoms with Gasteiger partial charge in [0.25, 0.3) is 0 Å². The monoisotopic (exact) mass is 287 g/mol. The van der Waals surface area contributed by atoms with Gasteiger partial charge in [-0.2, -0.15) is 0 Å². The van der Waals surface area contributed by atoms with Gasteiger partial charge in [0.05, 0.1) is 0 Å². The summed E-state index contributed by atoms with van der Waals surface area (Å²) in [6.45, 7) is 12.0. The molecule has 1 aliphatic heterocycles. The first kappa shape index (κ1) is 16.0. The van der Waals surface area contributed by atoms with Gasteiger partial charge < -0.3 is 10.2 Å². The van der Waals surface area contributed by atoms with Crippen molar-refractivity contribution in [3.8, 4) is 0 Å². The number of pyridine rings is 1. The standard InChI is InChI=1S/C18H29N3/c1-6-16-11-14(13-19-5)12-17(20-16)21-9-7-15(8-10-21)18(2,3)4/h7,11-12,19H,6,8-10,13H2,1-5H3. The Kier molecular flexibility index (Phi) is 5.04. The Labute approximate surface area is 129 Å². The molecule has 1 aromatic rings. The second kappa shape index (κ2) is 6.61. The van der Waals surface area contributed by atoms with Gasteiger partial charge in [-0.1, -0.05) is 39.3 Å². The van der Waals surface area contributed by atoms with Gasteiger partial charge >= 0.3 is 0 Å². The Balaban J connectivity index is 2.19. The van der Waals surface area contributed by atoms with Crippen LogP contribution in [0.3, 0.4) is 0 Å². The molecule has 0 atom stereocenters. The van der Waals surface area contributed by atoms with Crippen LogP contribution in [0.15, 0.2) is 23.8 Å². The van der Waals surface area contributed by atoms with E-state index in [1.165, 1.54) is 11.3 Å². The number of hydrogen-bond acceptors (Lipinski definition) is 3. The minimum atomic E-state index is 0.294. The number of anilines is 1. The zero-order chi connectivity index (χ0) is 15.5. The molecule has 3 nitrogen and oxygen atoms in total. The van der Waals surface area contributed by atoms with E-state index in [4.69, 9.17) is 4.98 Å². The number of nitrogens with one attached hydrogen (secondary N) is 1. The molecule has 1 N–H and O–H groups in total. The van der Waals surface area contributed by atoms with Gasteiger partial charge in [0, 0.05) is 25.3 Å². The Morgan fingerprint density at radius 1 is 1.29 bits per heavy atom. The predicted octanol–water partition coefficient (Wildman–Crippen LogP) is 3.55. The van der Waals surface area contributed by atoms with Gasteiger partial charge in [0.15, 0.2) is 0 Å². The zero-order valence-corrected chi connectivity index (χ0v) is 14.2. The third-order valence-electron chi connectivity index (χ3n) is 4.16. The van der Waals surface area contributed by atoms with Crippen LogP contribution in [0.2, 0.25) is 0 Å². The molecule has 116 valence electrons. The maximum absolute atomic E-state index is 4.81. The van der Waals surface area contributed by atoms with Gasteiger partial charge in [0.2, 0.25) is 0 Å². The van der Waals surface area contributed by atoms with Crippen molar-refractivity contribution in [3.63, 3.8) is 0 Å². The van der Waals surface area contributed by atoms with E-state index in [1.807, 2.05) is 7.05 Å². The third kappa shape index (κ3) is 4.07. The Hall–Kier alpha value is -1.35. The molecule has 2 heterocycles. The molecule has 0 aromatic carbocycles. The topological polar surface area (TPSA) is 28.2 Å². The van der Waals surface area contributed by atoms with Gasteiger partial charge in [-0.3, -0.25) is 0 Å². The van der Waals surface area contributed by atoms with E-state index in [1.54, 1.807) is 5.57 Å². The summed E-state index contributed by atoms with van der Waals surface area (Å²) in [6.07, 6.45) is 4.52. The first-order valence-corrected chi connectivity index (χ1v) is 8.03. The third-order valence-corrected chi connectivity index (χ3v) is 4.16. The lowest BCUT2D eigenvalue weighted by molar-refractivity contribution is 0.472. The lowest BCUT2D eigenvalue weighted by Crippen LogP contribution is -2.32. The maximum Gasteiger partial charge on any atom is 0.129 e. The van der Waals surface area contributed by atoms with E-state index in [9.17, 15) is 0 Å². The second-order valence-electron chi connectivity index (χ2n) is 6.88. The Morgan fingerprint density at radius 2 is 2.05 bits per heavy atom. The summed E-state index contributed by atoms with van der Waals surface area (Å²) in [7, 11) is 1.99. The highest BCUT2D eigenvalue weighted by atomic mass is 15.2. The van der Waals surface area contributed by atoms with Crippen LogP contribution in [0.4, 0.5) is 5.82 Å². The van der Waals surface area contributed by atoms with Crippen LogP contribution in [-0.4, -0.2) is 25.1 Å². The average molecular weight is 287 g/mol. The molecule has 0 saturated carbocycles. The molecular weight excluding hydrogens is 258 g/mol. The van der Waals surface area contributed by atoms with Crippen molar-refractivity contribution >= 4 is 5.82 Å². The molecule has 0 saturated heterocycles. The highest BCUT2D eigenvalue weighted by Gasteiger charge is 2.22. The van der Waals surface area contributed by atoms with Crippen molar-refractivity contribution in [2.75, 3.05) is 25.0 Å². The lowest BCUT2D eigenvalue weighted by atomic mass is 9.83. The summed E-state index contributed by atoms with van der Waals surface area (Å²) in [5, 5.41) is 3.23. The summed E-state index contributed by atoms with van der Waals surface area (Å²) in [5.41, 5.74) is 4.37. The summed E-state index contributed by atoms with van der Waals surface area (Å²) in [6, 6.07) is 4.44. The SMILES string of the molecule is CCc1cc(CNC)cc(N2CC=C(C(C)(C)C)CC2)n1. The van der Waals surface area contributed by atoms with E-state index in [-0.39, 0.29) is 0 Å². The minimum absolute atomic E-state index is 0.294. The molecule has 2 rings (SSSR count). The lowest BCUT2D eigenvalue weighted by Gasteiger charge is -2.33. The summed E-state index contributed by atoms with van der Waals surface area (Å²) in [4.78, 5) is 7.21. The second-order valence-corrected chi connectivity index (χ2v) is 6.88. The highest BCUT2D eigenvalue weighted by molar-refractivity contribution is 5.45. The van der Waals surface area contributed by atoms with Crippen LogP contribution in [0.1, 0.15) is 45.4 Å². The summed E-state index contributed by atoms with van der Waals surface area (Å²) < 4.78 is 0. The van der Waals surface area contributed by atoms with E-state index < -0.39 is 0 Å². The molecule has 0 spiro atoms. The quantitative estimate of drug-likeness (QED) is 0.859. The van der Waals surface area contributed by atoms with E-state index in [2.05, 4.69) is 56.1 Å². The van der Waals surface area contributed by atoms with Crippen molar-refractivity contribution in [2.45, 2.75) is 47.1 Å². The van der Waals surface area contributed by atoms with Crippen LogP contribution in [-0.2, 0) is 13.0 Å². The molecule has 21 heavy (non-hydrogen) atoms. The van der Waals surface area contributed by atoms with Gasteiger partial charge in [0.1, 0.15) is 5.82 Å². The smallest absolute Gasteiger partial charge is 0.129 e. The molecule has 0 fully saturated rings. The van der Waals surface area contributed by atoms with Crippen molar-refractivity contribution in [2.24, 2.45) is 5.41 Å². The highest BCUT2D eigenvalue weighted by Crippen LogP contribution is 2.31. The zero-order valence-electron chi connectivity index (χ0n) is 14.2. The van der Waals surface area contributed by atoms with E-state index in [0.29, 0.717) is 5.41 Å². The number of hydrogen-bond donors (Lipinski definition) is 1. The average Bonchev–Trinajstić information content (AvgIpc) is 2.46. The van der Waals surface area contributed by atoms with Crippen LogP contribution >= 0.6 is 0 Å². The molecular formula is C18H29N3. The van der Waals surface area contributed by atoms with E-state index in [0.717, 1.165) is 38.3 Å². The molecule has 0 amide bonds. The van der Waals surface area contributed by atoms with E-state index >= 15 is 0 Å². The van der Waals surface area contributed by atoms with Crippen molar-refractivity contribution in [3.05, 3.63) is 35.0 Å². The summed E-state index contributed by atoms with van der Waals surface area (Å²) in [5.74, 6) is 1.13. The molecule has 0 aliphatic carbocycles. The molecule has 0 bridgehead atoms. The Morgan fingerprint density at radius 3 is 2.57 bits per heavy atom. The fourth-order valence-electron chi connectivity index (χ4n) is 2.84. The van der Waals surface area contributed by atoms with Crippen LogP contribution < -0.4 is 10.2 Å². The molecule has 1 aromatic heterocycles. The van der Waals surface area contributed by atoms with Crippen molar-refractivity contribution in [1.29, 1.82) is 0 Å². The largest absolute Gasteiger partial charge is 0.353 e. The predicted molar refractivity (Wildman–Crippen MR) is 90.7 cm³/mol. The fourth-order valence-corrected chi connectivity index (χ4v) is 2.84. The van der Waals surface area contributed by atoms with Crippen LogP contribution in [0, 0.1) is 5.41 Å².